The van der Waals surface area contributed by atoms with Crippen molar-refractivity contribution in [1.29, 1.82) is 0 Å². The lowest BCUT2D eigenvalue weighted by Crippen LogP contribution is -2.27. The topological polar surface area (TPSA) is 72.1 Å². The molecule has 0 saturated carbocycles. The third-order valence-corrected chi connectivity index (χ3v) is 2.97. The number of hydrogen-bond donors (Lipinski definition) is 1. The molecule has 0 spiro atoms. The number of carbonyl (C=O) groups excluding carboxylic acids is 1. The van der Waals surface area contributed by atoms with Crippen LogP contribution in [-0.2, 0) is 6.54 Å². The molecule has 0 atom stereocenters. The number of hydrogen-bond acceptors (Lipinski definition) is 4. The summed E-state index contributed by atoms with van der Waals surface area (Å²) in [5, 5.41) is 0. The molecule has 20 heavy (non-hydrogen) atoms. The summed E-state index contributed by atoms with van der Waals surface area (Å²) in [6.45, 7) is 0.429. The third kappa shape index (κ3) is 3.36. The van der Waals surface area contributed by atoms with Crippen LogP contribution in [0.25, 0.3) is 0 Å². The van der Waals surface area contributed by atoms with Crippen molar-refractivity contribution in [3.63, 3.8) is 0 Å². The molecule has 2 aromatic heterocycles. The van der Waals surface area contributed by atoms with Gasteiger partial charge in [0.25, 0.3) is 5.91 Å². The van der Waals surface area contributed by atoms with E-state index < -0.39 is 0 Å². The van der Waals surface area contributed by atoms with Crippen LogP contribution in [0, 0.1) is 0 Å². The average Bonchev–Trinajstić information content (AvgIpc) is 2.47. The van der Waals surface area contributed by atoms with Gasteiger partial charge in [-0.15, -0.1) is 0 Å². The van der Waals surface area contributed by atoms with E-state index in [4.69, 9.17) is 18.0 Å². The minimum Gasteiger partial charge on any atom is -0.389 e. The van der Waals surface area contributed by atoms with Crippen LogP contribution in [0.5, 0.6) is 0 Å². The highest BCUT2D eigenvalue weighted by atomic mass is 32.1. The Kier molecular flexibility index (Phi) is 4.37. The molecule has 0 aliphatic rings. The van der Waals surface area contributed by atoms with Gasteiger partial charge in [-0.05, 0) is 24.3 Å². The molecule has 0 aromatic carbocycles. The summed E-state index contributed by atoms with van der Waals surface area (Å²) in [6.07, 6.45) is 3.20. The van der Waals surface area contributed by atoms with Crippen molar-refractivity contribution in [3.05, 3.63) is 59.7 Å². The van der Waals surface area contributed by atoms with Crippen LogP contribution in [0.2, 0.25) is 0 Å². The number of pyridine rings is 2. The van der Waals surface area contributed by atoms with Crippen LogP contribution in [0.15, 0.2) is 42.7 Å². The molecule has 2 N–H and O–H groups in total. The number of nitrogens with two attached hydrogens (primary N) is 1. The first-order valence-electron chi connectivity index (χ1n) is 5.99. The quantitative estimate of drug-likeness (QED) is 0.860. The Balaban J connectivity index is 2.08. The SMILES string of the molecule is CN(Cc1ccccn1)C(=O)c1ccc(C(N)=S)cn1. The first-order valence-corrected chi connectivity index (χ1v) is 6.40. The number of amides is 1. The molecule has 0 fully saturated rings. The summed E-state index contributed by atoms with van der Waals surface area (Å²) in [5.41, 5.74) is 7.30. The molecule has 1 amide bonds. The van der Waals surface area contributed by atoms with E-state index in [2.05, 4.69) is 9.97 Å². The predicted octanol–water partition coefficient (Wildman–Crippen LogP) is 1.38. The highest BCUT2D eigenvalue weighted by molar-refractivity contribution is 7.80. The largest absolute Gasteiger partial charge is 0.389 e. The van der Waals surface area contributed by atoms with Crippen molar-refractivity contribution >= 4 is 23.1 Å². The molecule has 0 radical (unpaired) electrons. The van der Waals surface area contributed by atoms with Gasteiger partial charge in [-0.3, -0.25) is 14.8 Å². The fourth-order valence-corrected chi connectivity index (χ4v) is 1.79. The standard InChI is InChI=1S/C14H14N4OS/c1-18(9-11-4-2-3-7-16-11)14(19)12-6-5-10(8-17-12)13(15)20/h2-8H,9H2,1H3,(H2,15,20). The Morgan fingerprint density at radius 3 is 2.65 bits per heavy atom. The summed E-state index contributed by atoms with van der Waals surface area (Å²) >= 11 is 4.84. The maximum absolute atomic E-state index is 12.2. The Morgan fingerprint density at radius 1 is 1.30 bits per heavy atom. The molecule has 0 aliphatic carbocycles. The van der Waals surface area contributed by atoms with Crippen molar-refractivity contribution in [2.45, 2.75) is 6.54 Å². The van der Waals surface area contributed by atoms with Gasteiger partial charge in [-0.25, -0.2) is 0 Å². The lowest BCUT2D eigenvalue weighted by molar-refractivity contribution is 0.0777. The number of carbonyl (C=O) groups is 1. The van der Waals surface area contributed by atoms with E-state index in [-0.39, 0.29) is 10.9 Å². The fourth-order valence-electron chi connectivity index (χ4n) is 1.67. The van der Waals surface area contributed by atoms with Crippen molar-refractivity contribution in [3.8, 4) is 0 Å². The minimum absolute atomic E-state index is 0.176. The van der Waals surface area contributed by atoms with Crippen LogP contribution in [0.3, 0.4) is 0 Å². The van der Waals surface area contributed by atoms with Gasteiger partial charge in [-0.1, -0.05) is 18.3 Å². The summed E-state index contributed by atoms with van der Waals surface area (Å²) in [4.78, 5) is 22.3. The Bertz CT molecular complexity index is 613. The molecule has 102 valence electrons. The van der Waals surface area contributed by atoms with Crippen molar-refractivity contribution in [1.82, 2.24) is 14.9 Å². The molecular weight excluding hydrogens is 272 g/mol. The number of nitrogens with zero attached hydrogens (tertiary/aromatic N) is 3. The van der Waals surface area contributed by atoms with E-state index in [1.807, 2.05) is 18.2 Å². The van der Waals surface area contributed by atoms with Gasteiger partial charge in [0.2, 0.25) is 0 Å². The molecule has 0 unspecified atom stereocenters. The van der Waals surface area contributed by atoms with Gasteiger partial charge in [-0.2, -0.15) is 0 Å². The first-order chi connectivity index (χ1) is 9.58. The summed E-state index contributed by atoms with van der Waals surface area (Å²) < 4.78 is 0. The Hall–Kier alpha value is -2.34. The molecule has 2 rings (SSSR count). The lowest BCUT2D eigenvalue weighted by atomic mass is 10.2. The van der Waals surface area contributed by atoms with E-state index in [1.165, 1.54) is 6.20 Å². The van der Waals surface area contributed by atoms with Gasteiger partial charge < -0.3 is 10.6 Å². The second-order valence-electron chi connectivity index (χ2n) is 4.28. The predicted molar refractivity (Wildman–Crippen MR) is 80.2 cm³/mol. The van der Waals surface area contributed by atoms with Crippen molar-refractivity contribution < 1.29 is 4.79 Å². The molecule has 0 bridgehead atoms. The average molecular weight is 286 g/mol. The monoisotopic (exact) mass is 286 g/mol. The summed E-state index contributed by atoms with van der Waals surface area (Å²) in [7, 11) is 1.71. The van der Waals surface area contributed by atoms with Gasteiger partial charge in [0.15, 0.2) is 0 Å². The molecule has 2 aromatic rings. The van der Waals surface area contributed by atoms with Gasteiger partial charge in [0, 0.05) is 25.0 Å². The van der Waals surface area contributed by atoms with Gasteiger partial charge in [0.05, 0.1) is 12.2 Å². The smallest absolute Gasteiger partial charge is 0.272 e. The van der Waals surface area contributed by atoms with E-state index >= 15 is 0 Å². The molecular formula is C14H14N4OS. The maximum Gasteiger partial charge on any atom is 0.272 e. The second-order valence-corrected chi connectivity index (χ2v) is 4.72. The number of aromatic nitrogens is 2. The fraction of sp³-hybridized carbons (Fsp3) is 0.143. The Labute approximate surface area is 122 Å². The highest BCUT2D eigenvalue weighted by Gasteiger charge is 2.14. The number of thiocarbonyl (C=S) groups is 1. The van der Waals surface area contributed by atoms with Crippen LogP contribution < -0.4 is 5.73 Å². The number of rotatable bonds is 4. The van der Waals surface area contributed by atoms with E-state index in [9.17, 15) is 4.79 Å². The van der Waals surface area contributed by atoms with E-state index in [0.717, 1.165) is 5.69 Å². The zero-order valence-electron chi connectivity index (χ0n) is 11.0. The van der Waals surface area contributed by atoms with Gasteiger partial charge >= 0.3 is 0 Å². The highest BCUT2D eigenvalue weighted by Crippen LogP contribution is 2.06. The zero-order chi connectivity index (χ0) is 14.5. The molecule has 5 nitrogen and oxygen atoms in total. The third-order valence-electron chi connectivity index (χ3n) is 2.74. The van der Waals surface area contributed by atoms with Crippen LogP contribution in [-0.4, -0.2) is 32.8 Å². The molecule has 0 saturated heterocycles. The zero-order valence-corrected chi connectivity index (χ0v) is 11.8. The van der Waals surface area contributed by atoms with Gasteiger partial charge in [0.1, 0.15) is 10.7 Å². The maximum atomic E-state index is 12.2. The Morgan fingerprint density at radius 2 is 2.10 bits per heavy atom. The first kappa shape index (κ1) is 14.1. The summed E-state index contributed by atoms with van der Waals surface area (Å²) in [5.74, 6) is -0.176. The van der Waals surface area contributed by atoms with Crippen LogP contribution >= 0.6 is 12.2 Å². The molecule has 6 heteroatoms. The minimum atomic E-state index is -0.176. The van der Waals surface area contributed by atoms with Crippen LogP contribution in [0.1, 0.15) is 21.7 Å². The summed E-state index contributed by atoms with van der Waals surface area (Å²) in [6, 6.07) is 8.90. The van der Waals surface area contributed by atoms with E-state index in [1.54, 1.807) is 30.3 Å². The van der Waals surface area contributed by atoms with Crippen molar-refractivity contribution in [2.75, 3.05) is 7.05 Å². The van der Waals surface area contributed by atoms with Crippen LogP contribution in [0.4, 0.5) is 0 Å². The normalized spacial score (nSPS) is 10.1. The molecule has 0 aliphatic heterocycles. The second kappa shape index (κ2) is 6.21. The van der Waals surface area contributed by atoms with Crippen molar-refractivity contribution in [2.24, 2.45) is 5.73 Å². The lowest BCUT2D eigenvalue weighted by Gasteiger charge is -2.16. The molecule has 2 heterocycles. The van der Waals surface area contributed by atoms with E-state index in [0.29, 0.717) is 17.8 Å².